The lowest BCUT2D eigenvalue weighted by Gasteiger charge is -2.15. The van der Waals surface area contributed by atoms with E-state index in [1.807, 2.05) is 0 Å². The van der Waals surface area contributed by atoms with E-state index in [9.17, 15) is 8.42 Å². The Balaban J connectivity index is 2.21. The van der Waals surface area contributed by atoms with Gasteiger partial charge in [0.2, 0.25) is 10.0 Å². The van der Waals surface area contributed by atoms with Crippen LogP contribution in [0.15, 0.2) is 11.1 Å². The molecule has 7 heteroatoms. The monoisotopic (exact) mass is 230 g/mol. The van der Waals surface area contributed by atoms with Gasteiger partial charge in [0.1, 0.15) is 10.7 Å². The van der Waals surface area contributed by atoms with Gasteiger partial charge in [-0.3, -0.25) is 5.10 Å². The zero-order valence-corrected chi connectivity index (χ0v) is 9.29. The maximum atomic E-state index is 12.0. The quantitative estimate of drug-likeness (QED) is 0.762. The Morgan fingerprint density at radius 2 is 2.33 bits per heavy atom. The van der Waals surface area contributed by atoms with Gasteiger partial charge < -0.3 is 5.73 Å². The van der Waals surface area contributed by atoms with Crippen LogP contribution >= 0.6 is 0 Å². The first-order valence-corrected chi connectivity index (χ1v) is 6.21. The number of nitrogen functional groups attached to an aromatic ring is 1. The predicted molar refractivity (Wildman–Crippen MR) is 55.5 cm³/mol. The van der Waals surface area contributed by atoms with Crippen LogP contribution in [0.4, 0.5) is 5.82 Å². The van der Waals surface area contributed by atoms with Crippen LogP contribution in [0.5, 0.6) is 0 Å². The van der Waals surface area contributed by atoms with E-state index >= 15 is 0 Å². The summed E-state index contributed by atoms with van der Waals surface area (Å²) < 4.78 is 25.3. The molecule has 0 atom stereocenters. The molecule has 0 amide bonds. The number of hydrogen-bond acceptors (Lipinski definition) is 4. The molecule has 1 heterocycles. The fourth-order valence-electron chi connectivity index (χ4n) is 1.42. The predicted octanol–water partition coefficient (Wildman–Crippen LogP) is 0.0224. The molecule has 1 saturated carbocycles. The highest BCUT2D eigenvalue weighted by atomic mass is 32.2. The molecule has 0 bridgehead atoms. The third-order valence-electron chi connectivity index (χ3n) is 2.53. The number of rotatable bonds is 4. The van der Waals surface area contributed by atoms with Crippen molar-refractivity contribution in [2.24, 2.45) is 5.92 Å². The minimum Gasteiger partial charge on any atom is -0.383 e. The second kappa shape index (κ2) is 3.49. The zero-order chi connectivity index (χ0) is 11.1. The first kappa shape index (κ1) is 10.4. The Bertz CT molecular complexity index is 449. The van der Waals surface area contributed by atoms with E-state index in [4.69, 9.17) is 5.73 Å². The number of aromatic amines is 1. The smallest absolute Gasteiger partial charge is 0.248 e. The summed E-state index contributed by atoms with van der Waals surface area (Å²) in [6.07, 6.45) is 3.47. The molecule has 0 aromatic carbocycles. The van der Waals surface area contributed by atoms with E-state index < -0.39 is 10.0 Å². The molecule has 6 nitrogen and oxygen atoms in total. The van der Waals surface area contributed by atoms with Crippen molar-refractivity contribution in [3.8, 4) is 0 Å². The fraction of sp³-hybridized carbons (Fsp3) is 0.625. The molecule has 15 heavy (non-hydrogen) atoms. The van der Waals surface area contributed by atoms with Crippen LogP contribution in [0.3, 0.4) is 0 Å². The molecule has 84 valence electrons. The second-order valence-corrected chi connectivity index (χ2v) is 5.89. The normalized spacial score (nSPS) is 17.2. The molecule has 1 aliphatic rings. The Morgan fingerprint density at radius 1 is 1.67 bits per heavy atom. The van der Waals surface area contributed by atoms with E-state index in [0.29, 0.717) is 12.5 Å². The lowest BCUT2D eigenvalue weighted by molar-refractivity contribution is 0.453. The van der Waals surface area contributed by atoms with Crippen molar-refractivity contribution in [2.45, 2.75) is 17.7 Å². The molecule has 0 radical (unpaired) electrons. The summed E-state index contributed by atoms with van der Waals surface area (Å²) >= 11 is 0. The second-order valence-electron chi connectivity index (χ2n) is 3.88. The third kappa shape index (κ3) is 1.98. The van der Waals surface area contributed by atoms with Gasteiger partial charge in [-0.2, -0.15) is 5.10 Å². The molecule has 1 fully saturated rings. The molecule has 1 aromatic heterocycles. The molecule has 0 spiro atoms. The van der Waals surface area contributed by atoms with Gasteiger partial charge in [-0.15, -0.1) is 0 Å². The number of nitrogens with zero attached hydrogens (tertiary/aromatic N) is 2. The Morgan fingerprint density at radius 3 is 2.80 bits per heavy atom. The summed E-state index contributed by atoms with van der Waals surface area (Å²) in [4.78, 5) is 0.0608. The molecule has 0 unspecified atom stereocenters. The van der Waals surface area contributed by atoms with Crippen LogP contribution in [-0.4, -0.2) is 36.5 Å². The van der Waals surface area contributed by atoms with E-state index in [2.05, 4.69) is 10.2 Å². The van der Waals surface area contributed by atoms with Gasteiger partial charge in [0.05, 0.1) is 6.20 Å². The van der Waals surface area contributed by atoms with Gasteiger partial charge in [0.25, 0.3) is 0 Å². The van der Waals surface area contributed by atoms with Crippen LogP contribution in [-0.2, 0) is 10.0 Å². The summed E-state index contributed by atoms with van der Waals surface area (Å²) in [5, 5.41) is 6.03. The summed E-state index contributed by atoms with van der Waals surface area (Å²) in [7, 11) is -1.90. The molecule has 3 N–H and O–H groups in total. The molecular formula is C8H14N4O2S. The van der Waals surface area contributed by atoms with E-state index in [1.54, 1.807) is 7.05 Å². The van der Waals surface area contributed by atoms with Gasteiger partial charge >= 0.3 is 0 Å². The van der Waals surface area contributed by atoms with Crippen LogP contribution < -0.4 is 5.73 Å². The third-order valence-corrected chi connectivity index (χ3v) is 4.38. The van der Waals surface area contributed by atoms with Crippen molar-refractivity contribution in [3.05, 3.63) is 6.20 Å². The van der Waals surface area contributed by atoms with Crippen LogP contribution in [0.1, 0.15) is 12.8 Å². The lowest BCUT2D eigenvalue weighted by Crippen LogP contribution is -2.29. The average Bonchev–Trinajstić information content (AvgIpc) is 2.86. The zero-order valence-electron chi connectivity index (χ0n) is 8.47. The van der Waals surface area contributed by atoms with E-state index in [1.165, 1.54) is 10.5 Å². The first-order chi connectivity index (χ1) is 7.01. The van der Waals surface area contributed by atoms with Gasteiger partial charge in [-0.25, -0.2) is 12.7 Å². The highest BCUT2D eigenvalue weighted by Crippen LogP contribution is 2.31. The minimum absolute atomic E-state index is 0.0608. The summed E-state index contributed by atoms with van der Waals surface area (Å²) in [6, 6.07) is 0. The standard InChI is InChI=1S/C8H14N4O2S/c1-12(5-6-2-3-6)15(13,14)7-4-10-11-8(7)9/h4,6H,2-3,5H2,1H3,(H3,9,10,11). The number of nitrogens with one attached hydrogen (secondary N) is 1. The SMILES string of the molecule is CN(CC1CC1)S(=O)(=O)c1cn[nH]c1N. The Hall–Kier alpha value is -1.08. The lowest BCUT2D eigenvalue weighted by atomic mass is 10.4. The van der Waals surface area contributed by atoms with Crippen molar-refractivity contribution < 1.29 is 8.42 Å². The summed E-state index contributed by atoms with van der Waals surface area (Å²) in [6.45, 7) is 0.562. The average molecular weight is 230 g/mol. The number of anilines is 1. The van der Waals surface area contributed by atoms with Crippen molar-refractivity contribution in [1.82, 2.24) is 14.5 Å². The van der Waals surface area contributed by atoms with Crippen molar-refractivity contribution in [1.29, 1.82) is 0 Å². The number of aromatic nitrogens is 2. The topological polar surface area (TPSA) is 92.1 Å². The van der Waals surface area contributed by atoms with Crippen LogP contribution in [0.25, 0.3) is 0 Å². The van der Waals surface area contributed by atoms with E-state index in [0.717, 1.165) is 12.8 Å². The molecule has 1 aliphatic carbocycles. The number of sulfonamides is 1. The van der Waals surface area contributed by atoms with Crippen LogP contribution in [0.2, 0.25) is 0 Å². The largest absolute Gasteiger partial charge is 0.383 e. The molecule has 0 aliphatic heterocycles. The molecule has 2 rings (SSSR count). The van der Waals surface area contributed by atoms with Crippen molar-refractivity contribution in [2.75, 3.05) is 19.3 Å². The minimum atomic E-state index is -3.47. The van der Waals surface area contributed by atoms with Gasteiger partial charge in [0.15, 0.2) is 0 Å². The Kier molecular flexibility index (Phi) is 2.43. The Labute approximate surface area is 88.5 Å². The fourth-order valence-corrected chi connectivity index (χ4v) is 2.67. The molecule has 0 saturated heterocycles. The van der Waals surface area contributed by atoms with Crippen LogP contribution in [0, 0.1) is 5.92 Å². The van der Waals surface area contributed by atoms with Crippen molar-refractivity contribution in [3.63, 3.8) is 0 Å². The van der Waals surface area contributed by atoms with E-state index in [-0.39, 0.29) is 10.7 Å². The number of H-pyrrole nitrogens is 1. The number of hydrogen-bond donors (Lipinski definition) is 2. The van der Waals surface area contributed by atoms with Crippen molar-refractivity contribution >= 4 is 15.8 Å². The van der Waals surface area contributed by atoms with Gasteiger partial charge in [-0.05, 0) is 18.8 Å². The highest BCUT2D eigenvalue weighted by Gasteiger charge is 2.30. The maximum Gasteiger partial charge on any atom is 0.248 e. The number of nitrogens with two attached hydrogens (primary N) is 1. The highest BCUT2D eigenvalue weighted by molar-refractivity contribution is 7.89. The summed E-state index contributed by atoms with van der Waals surface area (Å²) in [5.74, 6) is 0.607. The molecule has 1 aromatic rings. The summed E-state index contributed by atoms with van der Waals surface area (Å²) in [5.41, 5.74) is 5.49. The van der Waals surface area contributed by atoms with Gasteiger partial charge in [0, 0.05) is 13.6 Å². The van der Waals surface area contributed by atoms with Gasteiger partial charge in [-0.1, -0.05) is 0 Å². The first-order valence-electron chi connectivity index (χ1n) is 4.77. The molecular weight excluding hydrogens is 216 g/mol. The maximum absolute atomic E-state index is 12.0.